The van der Waals surface area contributed by atoms with Gasteiger partial charge in [0, 0.05) is 0 Å². The van der Waals surface area contributed by atoms with Crippen LogP contribution in [0.15, 0.2) is 12.2 Å². The Morgan fingerprint density at radius 1 is 1.36 bits per heavy atom. The van der Waals surface area contributed by atoms with Crippen LogP contribution in [0.3, 0.4) is 0 Å². The maximum atomic E-state index is 11.3. The van der Waals surface area contributed by atoms with Crippen molar-refractivity contribution in [2.24, 2.45) is 11.8 Å². The van der Waals surface area contributed by atoms with Crippen molar-refractivity contribution in [3.05, 3.63) is 12.2 Å². The van der Waals surface area contributed by atoms with Gasteiger partial charge in [-0.1, -0.05) is 12.2 Å². The van der Waals surface area contributed by atoms with Gasteiger partial charge in [-0.2, -0.15) is 0 Å². The van der Waals surface area contributed by atoms with E-state index in [1.165, 1.54) is 7.11 Å². The number of hydrogen-bond acceptors (Lipinski definition) is 3. The van der Waals surface area contributed by atoms with Crippen LogP contribution in [-0.2, 0) is 14.3 Å². The fraction of sp³-hybridized carbons (Fsp3) is 0.600. The molecule has 4 nitrogen and oxygen atoms in total. The number of carbonyl (C=O) groups excluding carboxylic acids is 1. The molecule has 78 valence electrons. The van der Waals surface area contributed by atoms with E-state index in [-0.39, 0.29) is 0 Å². The summed E-state index contributed by atoms with van der Waals surface area (Å²) in [7, 11) is 1.29. The van der Waals surface area contributed by atoms with Gasteiger partial charge in [0.25, 0.3) is 0 Å². The topological polar surface area (TPSA) is 63.6 Å². The highest BCUT2D eigenvalue weighted by molar-refractivity contribution is 5.81. The van der Waals surface area contributed by atoms with E-state index in [4.69, 9.17) is 5.11 Å². The molecule has 0 saturated carbocycles. The van der Waals surface area contributed by atoms with Crippen LogP contribution < -0.4 is 0 Å². The van der Waals surface area contributed by atoms with Crippen LogP contribution in [0.5, 0.6) is 0 Å². The lowest BCUT2D eigenvalue weighted by atomic mass is 9.88. The van der Waals surface area contributed by atoms with Crippen LogP contribution in [0.25, 0.3) is 0 Å². The molecule has 0 amide bonds. The van der Waals surface area contributed by atoms with Gasteiger partial charge in [-0.15, -0.1) is 0 Å². The summed E-state index contributed by atoms with van der Waals surface area (Å²) in [6.07, 6.45) is 5.44. The smallest absolute Gasteiger partial charge is 0.309 e. The van der Waals surface area contributed by atoms with Gasteiger partial charge in [-0.05, 0) is 19.3 Å². The quantitative estimate of drug-likeness (QED) is 0.535. The number of rotatable bonds is 2. The van der Waals surface area contributed by atoms with Gasteiger partial charge in [0.1, 0.15) is 0 Å². The Kier molecular flexibility index (Phi) is 3.68. The summed E-state index contributed by atoms with van der Waals surface area (Å²) in [6.45, 7) is 0. The minimum absolute atomic E-state index is 0.412. The molecule has 0 radical (unpaired) electrons. The SMILES string of the molecule is COC(=O)C1CCC=CCC1C(=O)O. The first kappa shape index (κ1) is 10.8. The maximum absolute atomic E-state index is 11.3. The van der Waals surface area contributed by atoms with Gasteiger partial charge in [-0.25, -0.2) is 0 Å². The number of allylic oxidation sites excluding steroid dienone is 2. The Labute approximate surface area is 82.6 Å². The third-order valence-electron chi connectivity index (χ3n) is 2.51. The first-order chi connectivity index (χ1) is 6.66. The number of esters is 1. The highest BCUT2D eigenvalue weighted by Gasteiger charge is 2.33. The second-order valence-electron chi connectivity index (χ2n) is 3.36. The van der Waals surface area contributed by atoms with E-state index in [0.717, 1.165) is 6.42 Å². The number of carbonyl (C=O) groups is 2. The zero-order valence-electron chi connectivity index (χ0n) is 8.10. The molecule has 0 spiro atoms. The Morgan fingerprint density at radius 2 is 2.07 bits per heavy atom. The molecule has 0 saturated heterocycles. The fourth-order valence-electron chi connectivity index (χ4n) is 1.71. The molecule has 2 unspecified atom stereocenters. The second kappa shape index (κ2) is 4.79. The van der Waals surface area contributed by atoms with E-state index in [2.05, 4.69) is 4.74 Å². The minimum Gasteiger partial charge on any atom is -0.481 e. The van der Waals surface area contributed by atoms with Crippen LogP contribution in [0.2, 0.25) is 0 Å². The summed E-state index contributed by atoms with van der Waals surface area (Å²) in [5.74, 6) is -2.48. The van der Waals surface area contributed by atoms with Gasteiger partial charge in [-0.3, -0.25) is 9.59 Å². The molecule has 0 bridgehead atoms. The standard InChI is InChI=1S/C10H14O4/c1-14-10(13)8-6-4-2-3-5-7(8)9(11)12/h2-3,7-8H,4-6H2,1H3,(H,11,12). The molecule has 0 fully saturated rings. The molecule has 0 aromatic heterocycles. The summed E-state index contributed by atoms with van der Waals surface area (Å²) in [6, 6.07) is 0. The van der Waals surface area contributed by atoms with Gasteiger partial charge in [0.05, 0.1) is 18.9 Å². The summed E-state index contributed by atoms with van der Waals surface area (Å²) >= 11 is 0. The average molecular weight is 198 g/mol. The van der Waals surface area contributed by atoms with Gasteiger partial charge in [0.2, 0.25) is 0 Å². The molecule has 4 heteroatoms. The number of ether oxygens (including phenoxy) is 1. The molecule has 1 N–H and O–H groups in total. The highest BCUT2D eigenvalue weighted by atomic mass is 16.5. The van der Waals surface area contributed by atoms with Crippen molar-refractivity contribution in [1.29, 1.82) is 0 Å². The monoisotopic (exact) mass is 198 g/mol. The average Bonchev–Trinajstić information content (AvgIpc) is 2.41. The van der Waals surface area contributed by atoms with Gasteiger partial charge < -0.3 is 9.84 Å². The predicted octanol–water partition coefficient (Wildman–Crippen LogP) is 1.22. The summed E-state index contributed by atoms with van der Waals surface area (Å²) < 4.78 is 4.60. The van der Waals surface area contributed by atoms with Crippen molar-refractivity contribution >= 4 is 11.9 Å². The van der Waals surface area contributed by atoms with Crippen LogP contribution in [0.4, 0.5) is 0 Å². The van der Waals surface area contributed by atoms with E-state index < -0.39 is 23.8 Å². The van der Waals surface area contributed by atoms with Crippen molar-refractivity contribution in [3.8, 4) is 0 Å². The fourth-order valence-corrected chi connectivity index (χ4v) is 1.71. The Morgan fingerprint density at radius 3 is 2.64 bits per heavy atom. The lowest BCUT2D eigenvalue weighted by molar-refractivity contribution is -0.155. The van der Waals surface area contributed by atoms with Crippen LogP contribution in [0.1, 0.15) is 19.3 Å². The van der Waals surface area contributed by atoms with Crippen molar-refractivity contribution in [2.75, 3.05) is 7.11 Å². The van der Waals surface area contributed by atoms with E-state index in [1.54, 1.807) is 0 Å². The van der Waals surface area contributed by atoms with E-state index >= 15 is 0 Å². The van der Waals surface area contributed by atoms with Gasteiger partial charge >= 0.3 is 11.9 Å². The highest BCUT2D eigenvalue weighted by Crippen LogP contribution is 2.26. The molecule has 14 heavy (non-hydrogen) atoms. The normalized spacial score (nSPS) is 26.6. The first-order valence-electron chi connectivity index (χ1n) is 4.62. The van der Waals surface area contributed by atoms with Gasteiger partial charge in [0.15, 0.2) is 0 Å². The van der Waals surface area contributed by atoms with E-state index in [0.29, 0.717) is 12.8 Å². The molecule has 2 atom stereocenters. The van der Waals surface area contributed by atoms with Crippen molar-refractivity contribution in [1.82, 2.24) is 0 Å². The summed E-state index contributed by atoms with van der Waals surface area (Å²) in [4.78, 5) is 22.2. The zero-order chi connectivity index (χ0) is 10.6. The molecule has 1 aliphatic carbocycles. The molecule has 1 aliphatic rings. The first-order valence-corrected chi connectivity index (χ1v) is 4.62. The number of carboxylic acid groups (broad SMARTS) is 1. The minimum atomic E-state index is -0.924. The number of aliphatic carboxylic acids is 1. The third kappa shape index (κ3) is 2.34. The van der Waals surface area contributed by atoms with E-state index in [1.807, 2.05) is 12.2 Å². The zero-order valence-corrected chi connectivity index (χ0v) is 8.10. The number of methoxy groups -OCH3 is 1. The maximum Gasteiger partial charge on any atom is 0.309 e. The van der Waals surface area contributed by atoms with Crippen LogP contribution in [-0.4, -0.2) is 24.2 Å². The summed E-state index contributed by atoms with van der Waals surface area (Å²) in [5.41, 5.74) is 0. The van der Waals surface area contributed by atoms with E-state index in [9.17, 15) is 9.59 Å². The van der Waals surface area contributed by atoms with Crippen molar-refractivity contribution in [3.63, 3.8) is 0 Å². The Bertz CT molecular complexity index is 257. The Hall–Kier alpha value is -1.32. The number of hydrogen-bond donors (Lipinski definition) is 1. The van der Waals surface area contributed by atoms with Crippen molar-refractivity contribution < 1.29 is 19.4 Å². The van der Waals surface area contributed by atoms with Crippen LogP contribution in [0, 0.1) is 11.8 Å². The van der Waals surface area contributed by atoms with Crippen molar-refractivity contribution in [2.45, 2.75) is 19.3 Å². The molecular weight excluding hydrogens is 184 g/mol. The third-order valence-corrected chi connectivity index (χ3v) is 2.51. The molecule has 0 aromatic rings. The summed E-state index contributed by atoms with van der Waals surface area (Å²) in [5, 5.41) is 8.94. The largest absolute Gasteiger partial charge is 0.481 e. The molecule has 0 aliphatic heterocycles. The number of carboxylic acids is 1. The molecular formula is C10H14O4. The predicted molar refractivity (Wildman–Crippen MR) is 49.6 cm³/mol. The molecule has 0 aromatic carbocycles. The Balaban J connectivity index is 2.78. The molecule has 0 heterocycles. The molecule has 1 rings (SSSR count). The second-order valence-corrected chi connectivity index (χ2v) is 3.36. The van der Waals surface area contributed by atoms with Crippen LogP contribution >= 0.6 is 0 Å². The lowest BCUT2D eigenvalue weighted by Crippen LogP contribution is -2.29. The lowest BCUT2D eigenvalue weighted by Gasteiger charge is -2.18.